The lowest BCUT2D eigenvalue weighted by Gasteiger charge is -2.11. The highest BCUT2D eigenvalue weighted by molar-refractivity contribution is 7.93. The average Bonchev–Trinajstić information content (AvgIpc) is 3.93. The number of hydrogen-bond donors (Lipinski definition) is 4. The monoisotopic (exact) mass is 928 g/mol. The zero-order chi connectivity index (χ0) is 41.6. The fourth-order valence-corrected chi connectivity index (χ4v) is 11.1. The van der Waals surface area contributed by atoms with Crippen LogP contribution in [-0.2, 0) is 20.0 Å². The number of thiophene rings is 3. The predicted octanol–water partition coefficient (Wildman–Crippen LogP) is 11.9. The van der Waals surface area contributed by atoms with Gasteiger partial charge in [0, 0.05) is 36.2 Å². The lowest BCUT2D eigenvalue weighted by atomic mass is 10.2. The molecule has 0 radical (unpaired) electrons. The smallest absolute Gasteiger partial charge is 0.267 e. The predicted molar refractivity (Wildman–Crippen MR) is 240 cm³/mol. The summed E-state index contributed by atoms with van der Waals surface area (Å²) in [6, 6.07) is 31.5. The Bertz CT molecular complexity index is 2830. The van der Waals surface area contributed by atoms with Crippen LogP contribution in [0.1, 0.15) is 30.5 Å². The number of rotatable bonds is 11. The molecule has 0 saturated heterocycles. The van der Waals surface area contributed by atoms with E-state index >= 15 is 0 Å². The fraction of sp³-hybridized carbons (Fsp3) is 0.0500. The van der Waals surface area contributed by atoms with E-state index in [1.807, 2.05) is 17.5 Å². The number of nitrogens with one attached hydrogen (secondary N) is 4. The zero-order valence-electron chi connectivity index (χ0n) is 30.2. The molecule has 18 heteroatoms. The molecule has 7 rings (SSSR count). The van der Waals surface area contributed by atoms with E-state index in [-0.39, 0.29) is 30.9 Å². The molecular weight excluding hydrogens is 899 g/mol. The van der Waals surface area contributed by atoms with Gasteiger partial charge in [0.25, 0.3) is 31.9 Å². The number of anilines is 4. The summed E-state index contributed by atoms with van der Waals surface area (Å²) in [6.45, 7) is 3.46. The van der Waals surface area contributed by atoms with Crippen LogP contribution in [0.3, 0.4) is 0 Å². The molecule has 4 aromatic carbocycles. The molecule has 0 aliphatic carbocycles. The molecule has 0 unspecified atom stereocenters. The third kappa shape index (κ3) is 10.7. The first-order chi connectivity index (χ1) is 27.6. The van der Waals surface area contributed by atoms with E-state index in [0.717, 1.165) is 21.1 Å². The molecule has 0 saturated carbocycles. The van der Waals surface area contributed by atoms with Gasteiger partial charge in [-0.3, -0.25) is 19.0 Å². The van der Waals surface area contributed by atoms with E-state index in [4.69, 9.17) is 34.8 Å². The van der Waals surface area contributed by atoms with Gasteiger partial charge in [-0.15, -0.1) is 34.0 Å². The van der Waals surface area contributed by atoms with E-state index in [2.05, 4.69) is 20.1 Å². The van der Waals surface area contributed by atoms with Crippen molar-refractivity contribution in [1.82, 2.24) is 0 Å². The number of halogens is 3. The summed E-state index contributed by atoms with van der Waals surface area (Å²) in [5, 5.41) is 10.6. The third-order valence-electron chi connectivity index (χ3n) is 8.04. The molecule has 0 atom stereocenters. The maximum Gasteiger partial charge on any atom is 0.267 e. The van der Waals surface area contributed by atoms with Crippen LogP contribution in [0.25, 0.3) is 9.75 Å². The summed E-state index contributed by atoms with van der Waals surface area (Å²) in [5.74, 6) is -0.846. The second-order valence-electron chi connectivity index (χ2n) is 12.3. The van der Waals surface area contributed by atoms with Gasteiger partial charge in [0.05, 0.1) is 21.2 Å². The molecule has 10 nitrogen and oxygen atoms in total. The number of hydrogen-bond acceptors (Lipinski definition) is 9. The van der Waals surface area contributed by atoms with Crippen LogP contribution in [0.5, 0.6) is 0 Å². The van der Waals surface area contributed by atoms with Crippen LogP contribution < -0.4 is 20.1 Å². The number of sulfonamides is 2. The van der Waals surface area contributed by atoms with Gasteiger partial charge in [-0.25, -0.2) is 16.8 Å². The number of aryl methyl sites for hydroxylation is 2. The standard InChI is InChI=1S/C22H17ClN2O3S3.C18H14Cl2N2O3S2/c1-14-6-2-3-10-20(14)31(27,28)25-17-13-19(18-9-5-11-29-18)30-21(17)22(26)24-16-8-4-7-15(23)12-16;1-11-10-26-17(18(23)21-14-4-2-3-13(20)9-14)16(11)22-27(24,25)15-7-5-12(19)6-8-15/h2-13,25H,1H3,(H,24,26);2-10,22H,1H3,(H,21,23). The van der Waals surface area contributed by atoms with E-state index in [1.54, 1.807) is 92.0 Å². The van der Waals surface area contributed by atoms with Crippen molar-refractivity contribution in [3.8, 4) is 9.75 Å². The van der Waals surface area contributed by atoms with Crippen LogP contribution in [-0.4, -0.2) is 28.6 Å². The third-order valence-corrected chi connectivity index (χ3v) is 14.9. The molecule has 7 aromatic rings. The summed E-state index contributed by atoms with van der Waals surface area (Å²) in [5.41, 5.74) is 2.79. The summed E-state index contributed by atoms with van der Waals surface area (Å²) in [7, 11) is -7.74. The first kappa shape index (κ1) is 42.9. The molecule has 0 fully saturated rings. The molecule has 0 bridgehead atoms. The van der Waals surface area contributed by atoms with Crippen molar-refractivity contribution in [3.05, 3.63) is 162 Å². The molecule has 298 valence electrons. The highest BCUT2D eigenvalue weighted by atomic mass is 35.5. The van der Waals surface area contributed by atoms with Crippen LogP contribution >= 0.6 is 68.8 Å². The van der Waals surface area contributed by atoms with Crippen molar-refractivity contribution in [2.75, 3.05) is 20.1 Å². The molecule has 0 spiro atoms. The normalized spacial score (nSPS) is 11.3. The quantitative estimate of drug-likeness (QED) is 0.101. The number of carbonyl (C=O) groups excluding carboxylic acids is 2. The maximum atomic E-state index is 13.0. The first-order valence-electron chi connectivity index (χ1n) is 16.9. The van der Waals surface area contributed by atoms with E-state index < -0.39 is 31.9 Å². The molecule has 3 heterocycles. The fourth-order valence-electron chi connectivity index (χ4n) is 5.29. The van der Waals surface area contributed by atoms with Crippen molar-refractivity contribution in [2.45, 2.75) is 23.6 Å². The lowest BCUT2D eigenvalue weighted by Crippen LogP contribution is -2.17. The van der Waals surface area contributed by atoms with Gasteiger partial charge in [0.15, 0.2) is 0 Å². The van der Waals surface area contributed by atoms with Crippen molar-refractivity contribution in [2.24, 2.45) is 0 Å². The molecule has 2 amide bonds. The van der Waals surface area contributed by atoms with Crippen LogP contribution in [0, 0.1) is 13.8 Å². The SMILES string of the molecule is Cc1ccccc1S(=O)(=O)Nc1cc(-c2cccs2)sc1C(=O)Nc1cccc(Cl)c1.Cc1csc(C(=O)Nc2cccc(Cl)c2)c1NS(=O)(=O)c1ccc(Cl)cc1. The molecule has 58 heavy (non-hydrogen) atoms. The van der Waals surface area contributed by atoms with Gasteiger partial charge in [0.2, 0.25) is 0 Å². The van der Waals surface area contributed by atoms with Gasteiger partial charge in [-0.2, -0.15) is 0 Å². The van der Waals surface area contributed by atoms with Gasteiger partial charge in [-0.05, 0) is 115 Å². The minimum atomic E-state index is -3.88. The largest absolute Gasteiger partial charge is 0.321 e. The molecular formula is C40H31Cl3N4O6S5. The van der Waals surface area contributed by atoms with Crippen LogP contribution in [0.2, 0.25) is 15.1 Å². The van der Waals surface area contributed by atoms with E-state index in [0.29, 0.717) is 37.6 Å². The van der Waals surface area contributed by atoms with Crippen molar-refractivity contribution in [3.63, 3.8) is 0 Å². The van der Waals surface area contributed by atoms with E-state index in [9.17, 15) is 26.4 Å². The van der Waals surface area contributed by atoms with Gasteiger partial charge in [-0.1, -0.05) is 71.2 Å². The van der Waals surface area contributed by atoms with Crippen molar-refractivity contribution < 1.29 is 26.4 Å². The Morgan fingerprint density at radius 2 is 1.19 bits per heavy atom. The second-order valence-corrected chi connectivity index (χ2v) is 19.8. The summed E-state index contributed by atoms with van der Waals surface area (Å²) in [4.78, 5) is 28.2. The van der Waals surface area contributed by atoms with Crippen LogP contribution in [0.15, 0.2) is 136 Å². The Labute approximate surface area is 362 Å². The van der Waals surface area contributed by atoms with Gasteiger partial charge in [0.1, 0.15) is 9.75 Å². The average molecular weight is 930 g/mol. The van der Waals surface area contributed by atoms with Gasteiger partial charge >= 0.3 is 0 Å². The summed E-state index contributed by atoms with van der Waals surface area (Å²) in [6.07, 6.45) is 0. The summed E-state index contributed by atoms with van der Waals surface area (Å²) >= 11 is 21.6. The molecule has 3 aromatic heterocycles. The minimum Gasteiger partial charge on any atom is -0.321 e. The minimum absolute atomic E-state index is 0.0544. The van der Waals surface area contributed by atoms with Crippen molar-refractivity contribution >= 4 is 123 Å². The maximum absolute atomic E-state index is 13.0. The Balaban J connectivity index is 0.000000198. The number of carbonyl (C=O) groups is 2. The zero-order valence-corrected chi connectivity index (χ0v) is 36.6. The molecule has 4 N–H and O–H groups in total. The van der Waals surface area contributed by atoms with Crippen molar-refractivity contribution in [1.29, 1.82) is 0 Å². The molecule has 0 aliphatic rings. The topological polar surface area (TPSA) is 151 Å². The number of amides is 2. The van der Waals surface area contributed by atoms with Crippen LogP contribution in [0.4, 0.5) is 22.7 Å². The highest BCUT2D eigenvalue weighted by Crippen LogP contribution is 2.39. The highest BCUT2D eigenvalue weighted by Gasteiger charge is 2.25. The first-order valence-corrected chi connectivity index (χ1v) is 23.5. The number of benzene rings is 4. The Hall–Kier alpha value is -4.71. The van der Waals surface area contributed by atoms with E-state index in [1.165, 1.54) is 53.0 Å². The van der Waals surface area contributed by atoms with Gasteiger partial charge < -0.3 is 10.6 Å². The Kier molecular flexibility index (Phi) is 13.7. The summed E-state index contributed by atoms with van der Waals surface area (Å²) < 4.78 is 56.5. The second kappa shape index (κ2) is 18.5. The lowest BCUT2D eigenvalue weighted by molar-refractivity contribution is 0.102. The Morgan fingerprint density at radius 3 is 1.78 bits per heavy atom. The Morgan fingerprint density at radius 1 is 0.569 bits per heavy atom. The molecule has 0 aliphatic heterocycles.